The first-order valence-electron chi connectivity index (χ1n) is 6.20. The van der Waals surface area contributed by atoms with Crippen LogP contribution in [0.3, 0.4) is 0 Å². The molecule has 0 aromatic heterocycles. The molecule has 0 spiro atoms. The molecule has 0 radical (unpaired) electrons. The summed E-state index contributed by atoms with van der Waals surface area (Å²) in [4.78, 5) is 10.9. The third kappa shape index (κ3) is 3.62. The Kier molecular flexibility index (Phi) is 4.52. The van der Waals surface area contributed by atoms with Gasteiger partial charge < -0.3 is 5.11 Å². The highest BCUT2D eigenvalue weighted by Crippen LogP contribution is 2.22. The fourth-order valence-corrected chi connectivity index (χ4v) is 3.61. The molecule has 0 aliphatic carbocycles. The maximum atomic E-state index is 12.2. The molecule has 1 heterocycles. The van der Waals surface area contributed by atoms with Gasteiger partial charge >= 0.3 is 16.2 Å². The average Bonchev–Trinajstić information content (AvgIpc) is 2.38. The van der Waals surface area contributed by atoms with E-state index < -0.39 is 16.2 Å². The summed E-state index contributed by atoms with van der Waals surface area (Å²) < 4.78 is 28.1. The highest BCUT2D eigenvalue weighted by molar-refractivity contribution is 7.90. The molecule has 0 saturated carbocycles. The SMILES string of the molecule is O=C(O)c1cc(Cl)cc(NS(=O)(=O)N2CCCCC2)c1. The van der Waals surface area contributed by atoms with Crippen molar-refractivity contribution in [2.24, 2.45) is 0 Å². The Hall–Kier alpha value is -1.31. The number of hydrogen-bond acceptors (Lipinski definition) is 3. The van der Waals surface area contributed by atoms with Crippen molar-refractivity contribution in [3.63, 3.8) is 0 Å². The van der Waals surface area contributed by atoms with Crippen LogP contribution in [0.25, 0.3) is 0 Å². The molecule has 6 nitrogen and oxygen atoms in total. The van der Waals surface area contributed by atoms with Gasteiger partial charge in [0.25, 0.3) is 0 Å². The van der Waals surface area contributed by atoms with Crippen LogP contribution in [0.2, 0.25) is 5.02 Å². The van der Waals surface area contributed by atoms with Crippen molar-refractivity contribution in [2.45, 2.75) is 19.3 Å². The first-order valence-corrected chi connectivity index (χ1v) is 8.02. The summed E-state index contributed by atoms with van der Waals surface area (Å²) in [7, 11) is -3.66. The molecule has 2 N–H and O–H groups in total. The van der Waals surface area contributed by atoms with Crippen LogP contribution in [-0.2, 0) is 10.2 Å². The maximum absolute atomic E-state index is 12.2. The predicted octanol–water partition coefficient (Wildman–Crippen LogP) is 2.18. The summed E-state index contributed by atoms with van der Waals surface area (Å²) in [6.45, 7) is 0.948. The fraction of sp³-hybridized carbons (Fsp3) is 0.417. The Morgan fingerprint density at radius 2 is 1.85 bits per heavy atom. The van der Waals surface area contributed by atoms with Gasteiger partial charge in [0.05, 0.1) is 11.3 Å². The first kappa shape index (κ1) is 15.1. The topological polar surface area (TPSA) is 86.7 Å². The zero-order valence-electron chi connectivity index (χ0n) is 10.7. The van der Waals surface area contributed by atoms with Crippen molar-refractivity contribution in [3.05, 3.63) is 28.8 Å². The standard InChI is InChI=1S/C12H15ClN2O4S/c13-10-6-9(12(16)17)7-11(8-10)14-20(18,19)15-4-2-1-3-5-15/h6-8,14H,1-5H2,(H,16,17). The number of benzene rings is 1. The van der Waals surface area contributed by atoms with Crippen LogP contribution in [0.4, 0.5) is 5.69 Å². The van der Waals surface area contributed by atoms with Crippen LogP contribution in [0.15, 0.2) is 18.2 Å². The lowest BCUT2D eigenvalue weighted by atomic mass is 10.2. The number of nitrogens with one attached hydrogen (secondary N) is 1. The van der Waals surface area contributed by atoms with Gasteiger partial charge in [-0.3, -0.25) is 4.72 Å². The molecule has 0 bridgehead atoms. The zero-order chi connectivity index (χ0) is 14.8. The predicted molar refractivity (Wildman–Crippen MR) is 76.4 cm³/mol. The van der Waals surface area contributed by atoms with E-state index in [2.05, 4.69) is 4.72 Å². The van der Waals surface area contributed by atoms with E-state index in [9.17, 15) is 13.2 Å². The molecule has 8 heteroatoms. The van der Waals surface area contributed by atoms with Gasteiger partial charge in [-0.1, -0.05) is 18.0 Å². The van der Waals surface area contributed by atoms with Crippen molar-refractivity contribution < 1.29 is 18.3 Å². The second-order valence-electron chi connectivity index (χ2n) is 4.60. The highest BCUT2D eigenvalue weighted by Gasteiger charge is 2.24. The molecule has 110 valence electrons. The second-order valence-corrected chi connectivity index (χ2v) is 6.71. The Balaban J connectivity index is 2.22. The van der Waals surface area contributed by atoms with Crippen molar-refractivity contribution in [1.29, 1.82) is 0 Å². The number of halogens is 1. The smallest absolute Gasteiger partial charge is 0.335 e. The number of hydrogen-bond donors (Lipinski definition) is 2. The number of carbonyl (C=O) groups is 1. The average molecular weight is 319 g/mol. The van der Waals surface area contributed by atoms with Crippen molar-refractivity contribution >= 4 is 33.5 Å². The molecule has 1 aromatic rings. The van der Waals surface area contributed by atoms with E-state index >= 15 is 0 Å². The number of rotatable bonds is 4. The minimum Gasteiger partial charge on any atom is -0.478 e. The Bertz CT molecular complexity index is 612. The number of aromatic carboxylic acids is 1. The van der Waals surface area contributed by atoms with Crippen molar-refractivity contribution in [2.75, 3.05) is 17.8 Å². The molecule has 0 amide bonds. The molecule has 1 aliphatic heterocycles. The van der Waals surface area contributed by atoms with Crippen LogP contribution in [0.1, 0.15) is 29.6 Å². The minimum atomic E-state index is -3.66. The van der Waals surface area contributed by atoms with Gasteiger partial charge in [-0.05, 0) is 31.0 Å². The minimum absolute atomic E-state index is 0.0613. The molecular formula is C12H15ClN2O4S. The van der Waals surface area contributed by atoms with Gasteiger partial charge in [-0.2, -0.15) is 12.7 Å². The number of carboxylic acid groups (broad SMARTS) is 1. The molecule has 0 atom stereocenters. The third-order valence-corrected chi connectivity index (χ3v) is 4.80. The number of nitrogens with zero attached hydrogens (tertiary/aromatic N) is 1. The van der Waals surface area contributed by atoms with Crippen LogP contribution in [-0.4, -0.2) is 36.9 Å². The van der Waals surface area contributed by atoms with Crippen LogP contribution >= 0.6 is 11.6 Å². The van der Waals surface area contributed by atoms with Crippen molar-refractivity contribution in [3.8, 4) is 0 Å². The largest absolute Gasteiger partial charge is 0.478 e. The quantitative estimate of drug-likeness (QED) is 0.890. The Morgan fingerprint density at radius 1 is 1.20 bits per heavy atom. The lowest BCUT2D eigenvalue weighted by Gasteiger charge is -2.26. The second kappa shape index (κ2) is 5.99. The van der Waals surface area contributed by atoms with Crippen LogP contribution < -0.4 is 4.72 Å². The summed E-state index contributed by atoms with van der Waals surface area (Å²) in [6.07, 6.45) is 2.68. The van der Waals surface area contributed by atoms with E-state index in [1.807, 2.05) is 0 Å². The van der Waals surface area contributed by atoms with Crippen molar-refractivity contribution in [1.82, 2.24) is 4.31 Å². The van der Waals surface area contributed by atoms with E-state index in [-0.39, 0.29) is 16.3 Å². The molecule has 0 unspecified atom stereocenters. The highest BCUT2D eigenvalue weighted by atomic mass is 35.5. The normalized spacial score (nSPS) is 16.9. The monoisotopic (exact) mass is 318 g/mol. The Labute approximate surface area is 122 Å². The first-order chi connectivity index (χ1) is 9.38. The molecule has 1 aromatic carbocycles. The van der Waals surface area contributed by atoms with Gasteiger partial charge in [0.15, 0.2) is 0 Å². The number of carboxylic acids is 1. The van der Waals surface area contributed by atoms with Crippen LogP contribution in [0, 0.1) is 0 Å². The van der Waals surface area contributed by atoms with Gasteiger partial charge in [0.1, 0.15) is 0 Å². The summed E-state index contributed by atoms with van der Waals surface area (Å²) in [6, 6.07) is 3.90. The van der Waals surface area contributed by atoms with E-state index in [1.165, 1.54) is 22.5 Å². The van der Waals surface area contributed by atoms with Gasteiger partial charge in [0.2, 0.25) is 0 Å². The third-order valence-electron chi connectivity index (χ3n) is 3.05. The fourth-order valence-electron chi connectivity index (χ4n) is 2.09. The lowest BCUT2D eigenvalue weighted by molar-refractivity contribution is 0.0697. The summed E-state index contributed by atoms with van der Waals surface area (Å²) in [5.41, 5.74) is 0.0920. The molecule has 1 saturated heterocycles. The van der Waals surface area contributed by atoms with Gasteiger partial charge in [0, 0.05) is 18.1 Å². The van der Waals surface area contributed by atoms with E-state index in [4.69, 9.17) is 16.7 Å². The molecule has 20 heavy (non-hydrogen) atoms. The molecular weight excluding hydrogens is 304 g/mol. The van der Waals surface area contributed by atoms with E-state index in [0.717, 1.165) is 19.3 Å². The maximum Gasteiger partial charge on any atom is 0.335 e. The summed E-state index contributed by atoms with van der Waals surface area (Å²) >= 11 is 5.80. The zero-order valence-corrected chi connectivity index (χ0v) is 12.2. The molecule has 1 aliphatic rings. The Morgan fingerprint density at radius 3 is 2.45 bits per heavy atom. The number of anilines is 1. The van der Waals surface area contributed by atoms with Gasteiger partial charge in [-0.15, -0.1) is 0 Å². The summed E-state index contributed by atoms with van der Waals surface area (Å²) in [5, 5.41) is 9.10. The number of piperidine rings is 1. The van der Waals surface area contributed by atoms with Crippen LogP contribution in [0.5, 0.6) is 0 Å². The summed E-state index contributed by atoms with van der Waals surface area (Å²) in [5.74, 6) is -1.16. The van der Waals surface area contributed by atoms with E-state index in [1.54, 1.807) is 0 Å². The van der Waals surface area contributed by atoms with E-state index in [0.29, 0.717) is 13.1 Å². The molecule has 2 rings (SSSR count). The van der Waals surface area contributed by atoms with Gasteiger partial charge in [-0.25, -0.2) is 4.79 Å². The lowest BCUT2D eigenvalue weighted by Crippen LogP contribution is -2.39. The molecule has 1 fully saturated rings.